The number of hydrogen-bond donors (Lipinski definition) is 0. The molecular formula is C62H56IrN4O-2. The van der Waals surface area contributed by atoms with Gasteiger partial charge in [-0.15, -0.1) is 54.1 Å². The van der Waals surface area contributed by atoms with E-state index in [1.807, 2.05) is 18.2 Å². The van der Waals surface area contributed by atoms with Gasteiger partial charge < -0.3 is 13.6 Å². The van der Waals surface area contributed by atoms with E-state index in [2.05, 4.69) is 134 Å². The molecule has 0 saturated carbocycles. The van der Waals surface area contributed by atoms with Crippen LogP contribution >= 0.6 is 0 Å². The van der Waals surface area contributed by atoms with Crippen LogP contribution in [0.15, 0.2) is 174 Å². The van der Waals surface area contributed by atoms with Crippen LogP contribution in [-0.4, -0.2) is 19.1 Å². The van der Waals surface area contributed by atoms with E-state index in [0.29, 0.717) is 22.9 Å². The number of aromatic nitrogens is 4. The van der Waals surface area contributed by atoms with Crippen LogP contribution in [0.2, 0.25) is 0 Å². The van der Waals surface area contributed by atoms with Gasteiger partial charge in [-0.2, -0.15) is 0 Å². The smallest absolute Gasteiger partial charge is 0.120 e. The van der Waals surface area contributed by atoms with E-state index in [1.54, 1.807) is 48.5 Å². The van der Waals surface area contributed by atoms with Gasteiger partial charge in [0.15, 0.2) is 0 Å². The maximum atomic E-state index is 9.00. The number of benzene rings is 8. The molecule has 8 aromatic carbocycles. The molecule has 6 heteroatoms. The molecule has 3 heterocycles. The number of furan rings is 1. The first-order valence-electron chi connectivity index (χ1n) is 29.3. The number of rotatable bonds is 9. The Kier molecular flexibility index (Phi) is 9.13. The Bertz CT molecular complexity index is 4010. The van der Waals surface area contributed by atoms with Crippen molar-refractivity contribution >= 4 is 44.0 Å². The van der Waals surface area contributed by atoms with Crippen molar-refractivity contribution in [2.24, 2.45) is 0 Å². The van der Waals surface area contributed by atoms with Crippen molar-refractivity contribution in [1.82, 2.24) is 19.1 Å². The largest absolute Gasteiger partial charge is 0.501 e. The third-order valence-corrected chi connectivity index (χ3v) is 12.2. The van der Waals surface area contributed by atoms with E-state index in [0.717, 1.165) is 62.6 Å². The van der Waals surface area contributed by atoms with Crippen LogP contribution in [0.1, 0.15) is 120 Å². The zero-order valence-electron chi connectivity index (χ0n) is 51.9. The first-order chi connectivity index (χ1) is 38.2. The Balaban J connectivity index is 0.000000195. The van der Waals surface area contributed by atoms with Gasteiger partial charge in [0, 0.05) is 56.1 Å². The molecule has 11 rings (SSSR count). The predicted octanol–water partition coefficient (Wildman–Crippen LogP) is 17.0. The second kappa shape index (κ2) is 19.4. The fourth-order valence-corrected chi connectivity index (χ4v) is 9.05. The van der Waals surface area contributed by atoms with Crippen LogP contribution in [0.4, 0.5) is 0 Å². The molecule has 68 heavy (non-hydrogen) atoms. The fraction of sp³-hybridized carbons (Fsp3) is 0.194. The molecule has 0 N–H and O–H groups in total. The summed E-state index contributed by atoms with van der Waals surface area (Å²) in [4.78, 5) is 9.83. The molecule has 0 atom stereocenters. The summed E-state index contributed by atoms with van der Waals surface area (Å²) in [5.74, 6) is -5.26. The van der Waals surface area contributed by atoms with E-state index in [1.165, 1.54) is 32.5 Å². The predicted molar refractivity (Wildman–Crippen MR) is 280 cm³/mol. The van der Waals surface area contributed by atoms with E-state index >= 15 is 0 Å². The average Bonchev–Trinajstić information content (AvgIpc) is 3.72. The number of fused-ring (bicyclic) bond motifs is 5. The summed E-state index contributed by atoms with van der Waals surface area (Å²) in [5, 5.41) is 2.18. The first kappa shape index (κ1) is 32.0. The van der Waals surface area contributed by atoms with Crippen LogP contribution in [0.3, 0.4) is 0 Å². The number of hydrogen-bond acceptors (Lipinski definition) is 3. The summed E-state index contributed by atoms with van der Waals surface area (Å²) in [7, 11) is 0. The molecule has 0 aliphatic carbocycles. The molecule has 0 aliphatic rings. The Morgan fingerprint density at radius 3 is 1.69 bits per heavy atom. The third kappa shape index (κ3) is 8.42. The van der Waals surface area contributed by atoms with Crippen molar-refractivity contribution < 1.29 is 43.7 Å². The summed E-state index contributed by atoms with van der Waals surface area (Å²) in [6.07, 6.45) is 0. The number of nitrogens with zero attached hydrogens (tertiary/aromatic N) is 4. The van der Waals surface area contributed by atoms with E-state index < -0.39 is 56.0 Å². The van der Waals surface area contributed by atoms with E-state index in [4.69, 9.17) is 28.6 Å². The normalized spacial score (nSPS) is 15.7. The van der Waals surface area contributed by atoms with Gasteiger partial charge in [-0.25, -0.2) is 0 Å². The van der Waals surface area contributed by atoms with Gasteiger partial charge >= 0.3 is 0 Å². The first-order valence-corrected chi connectivity index (χ1v) is 22.3. The molecule has 0 aliphatic heterocycles. The molecule has 341 valence electrons. The molecule has 11 aromatic rings. The minimum atomic E-state index is -3.51. The van der Waals surface area contributed by atoms with E-state index in [-0.39, 0.29) is 31.4 Å². The van der Waals surface area contributed by atoms with Gasteiger partial charge in [-0.1, -0.05) is 157 Å². The van der Waals surface area contributed by atoms with Crippen molar-refractivity contribution in [2.45, 2.75) is 78.7 Å². The van der Waals surface area contributed by atoms with Crippen LogP contribution < -0.4 is 0 Å². The Morgan fingerprint density at radius 1 is 0.515 bits per heavy atom. The van der Waals surface area contributed by atoms with Gasteiger partial charge in [0.25, 0.3) is 0 Å². The topological polar surface area (TPSA) is 48.8 Å². The van der Waals surface area contributed by atoms with Crippen molar-refractivity contribution in [3.63, 3.8) is 0 Å². The summed E-state index contributed by atoms with van der Waals surface area (Å²) in [6.45, 7) is -4.91. The molecular weight excluding hydrogens is 1010 g/mol. The van der Waals surface area contributed by atoms with Crippen molar-refractivity contribution in [2.75, 3.05) is 0 Å². The molecule has 0 fully saturated rings. The van der Waals surface area contributed by atoms with Gasteiger partial charge in [-0.3, -0.25) is 9.97 Å². The Hall–Kier alpha value is -6.85. The fourth-order valence-electron chi connectivity index (χ4n) is 9.05. The monoisotopic (exact) mass is 1080 g/mol. The van der Waals surface area contributed by atoms with Crippen molar-refractivity contribution in [3.8, 4) is 45.3 Å². The standard InChI is InChI=1S/C37H31N2O.C25H25N2.Ir/c1-23(2)30-21-26(25-13-6-5-7-14-25)22-31(24(3)4)35(30)39-33-19-10-9-18-32(33)38-37(39)29-17-12-16-28-27-15-8-11-20-34(27)40-36(28)29;1-17(2)20-13-10-14-21(18(3)4)24(20)27-23-16-9-8-15-22(23)26-25(27)19-11-6-5-7-12-19;/h5-16,18-24H,1-4H3;5-11,13-18H,1-4H3;/q2*-1;/i;1D3,2D3,3D3,4D3,17D,18D;. The maximum Gasteiger partial charge on any atom is 0.120 e. The molecule has 0 bridgehead atoms. The molecule has 0 spiro atoms. The molecule has 0 amide bonds. The number of imidazole rings is 2. The van der Waals surface area contributed by atoms with Gasteiger partial charge in [0.1, 0.15) is 5.58 Å². The molecule has 1 radical (unpaired) electrons. The minimum absolute atomic E-state index is 0. The number of para-hydroxylation sites is 6. The van der Waals surface area contributed by atoms with Gasteiger partial charge in [0.2, 0.25) is 0 Å². The Labute approximate surface area is 433 Å². The molecule has 5 nitrogen and oxygen atoms in total. The van der Waals surface area contributed by atoms with Crippen LogP contribution in [0.5, 0.6) is 0 Å². The SMILES string of the molecule is CC(C)c1cc(-c2ccccc2)cc(C(C)C)c1-n1c(-c2[c-]ccc3c2oc2ccccc23)nc2ccccc21.[2H]C([2H])([2H])C([2H])(c1cccc(C([2H])(C([2H])([2H])[2H])C([2H])([2H])[2H])c1-n1c(-c2[c-]cccc2)nc2ccccc21)C([2H])([2H])[2H].[Ir]. The van der Waals surface area contributed by atoms with Crippen LogP contribution in [0.25, 0.3) is 89.3 Å². The average molecular weight is 1080 g/mol. The zero-order valence-corrected chi connectivity index (χ0v) is 40.2. The van der Waals surface area contributed by atoms with Crippen LogP contribution in [-0.2, 0) is 20.1 Å². The molecule has 0 saturated heterocycles. The zero-order chi connectivity index (χ0) is 58.2. The summed E-state index contributed by atoms with van der Waals surface area (Å²) in [6, 6.07) is 58.7. The van der Waals surface area contributed by atoms with Gasteiger partial charge in [-0.05, 0) is 99.5 Å². The summed E-state index contributed by atoms with van der Waals surface area (Å²) in [5.41, 5.74) is 9.78. The minimum Gasteiger partial charge on any atom is -0.501 e. The third-order valence-electron chi connectivity index (χ3n) is 12.2. The summed E-state index contributed by atoms with van der Waals surface area (Å²) < 4.78 is 126. The van der Waals surface area contributed by atoms with Crippen molar-refractivity contribution in [1.29, 1.82) is 0 Å². The molecule has 0 unspecified atom stereocenters. The van der Waals surface area contributed by atoms with Gasteiger partial charge in [0.05, 0.1) is 39.3 Å². The summed E-state index contributed by atoms with van der Waals surface area (Å²) >= 11 is 0. The quantitative estimate of drug-likeness (QED) is 0.135. The second-order valence-electron chi connectivity index (χ2n) is 17.1. The Morgan fingerprint density at radius 2 is 1.07 bits per heavy atom. The maximum absolute atomic E-state index is 9.00. The second-order valence-corrected chi connectivity index (χ2v) is 17.1. The molecule has 3 aromatic heterocycles. The van der Waals surface area contributed by atoms with Crippen molar-refractivity contribution in [3.05, 3.63) is 204 Å². The van der Waals surface area contributed by atoms with Crippen LogP contribution in [0, 0.1) is 12.1 Å². The van der Waals surface area contributed by atoms with E-state index in [9.17, 15) is 0 Å².